The smallest absolute Gasteiger partial charge is 0.341 e. The van der Waals surface area contributed by atoms with Crippen molar-refractivity contribution in [1.29, 1.82) is 0 Å². The van der Waals surface area contributed by atoms with Crippen LogP contribution in [-0.2, 0) is 11.2 Å². The van der Waals surface area contributed by atoms with E-state index >= 15 is 0 Å². The molecule has 96 valence electrons. The van der Waals surface area contributed by atoms with Crippen LogP contribution in [0.1, 0.15) is 21.1 Å². The molecular weight excluding hydrogens is 262 g/mol. The maximum absolute atomic E-state index is 11.7. The minimum atomic E-state index is -0.402. The quantitative estimate of drug-likeness (QED) is 0.686. The van der Waals surface area contributed by atoms with Gasteiger partial charge < -0.3 is 4.74 Å². The molecular formula is C13H11N3O2S. The summed E-state index contributed by atoms with van der Waals surface area (Å²) in [4.78, 5) is 17.3. The van der Waals surface area contributed by atoms with E-state index in [2.05, 4.69) is 10.1 Å². The molecule has 0 saturated carbocycles. The molecule has 19 heavy (non-hydrogen) atoms. The molecule has 0 aliphatic heterocycles. The third-order valence-corrected chi connectivity index (χ3v) is 3.60. The first kappa shape index (κ1) is 11.9. The highest BCUT2D eigenvalue weighted by Crippen LogP contribution is 2.15. The Labute approximate surface area is 113 Å². The molecule has 0 bridgehead atoms. The molecule has 0 spiro atoms. The van der Waals surface area contributed by atoms with Crippen LogP contribution in [0.5, 0.6) is 0 Å². The Kier molecular flexibility index (Phi) is 3.00. The Hall–Kier alpha value is -2.21. The van der Waals surface area contributed by atoms with E-state index in [9.17, 15) is 4.79 Å². The summed E-state index contributed by atoms with van der Waals surface area (Å²) in [6.07, 6.45) is 2.44. The monoisotopic (exact) mass is 273 g/mol. The van der Waals surface area contributed by atoms with Crippen LogP contribution in [0.15, 0.2) is 35.8 Å². The van der Waals surface area contributed by atoms with Crippen molar-refractivity contribution in [2.45, 2.75) is 6.42 Å². The van der Waals surface area contributed by atoms with Crippen LogP contribution in [0.4, 0.5) is 0 Å². The fourth-order valence-corrected chi connectivity index (χ4v) is 2.57. The van der Waals surface area contributed by atoms with Crippen LogP contribution < -0.4 is 0 Å². The number of thiophene rings is 1. The van der Waals surface area contributed by atoms with Crippen molar-refractivity contribution in [1.82, 2.24) is 14.6 Å². The van der Waals surface area contributed by atoms with Crippen LogP contribution in [-0.4, -0.2) is 27.7 Å². The number of rotatable bonds is 3. The van der Waals surface area contributed by atoms with E-state index in [1.54, 1.807) is 34.2 Å². The van der Waals surface area contributed by atoms with Crippen molar-refractivity contribution in [3.63, 3.8) is 0 Å². The van der Waals surface area contributed by atoms with E-state index in [1.807, 2.05) is 17.5 Å². The number of esters is 1. The van der Waals surface area contributed by atoms with E-state index in [4.69, 9.17) is 4.74 Å². The molecule has 3 aromatic rings. The average molecular weight is 273 g/mol. The van der Waals surface area contributed by atoms with Gasteiger partial charge in [-0.2, -0.15) is 5.10 Å². The first-order valence-electron chi connectivity index (χ1n) is 5.73. The lowest BCUT2D eigenvalue weighted by molar-refractivity contribution is 0.0602. The fraction of sp³-hybridized carbons (Fsp3) is 0.154. The number of fused-ring (bicyclic) bond motifs is 1. The summed E-state index contributed by atoms with van der Waals surface area (Å²) in [5.41, 5.74) is 0.954. The van der Waals surface area contributed by atoms with Gasteiger partial charge in [0.2, 0.25) is 0 Å². The summed E-state index contributed by atoms with van der Waals surface area (Å²) in [6.45, 7) is 0. The Morgan fingerprint density at radius 2 is 2.32 bits per heavy atom. The zero-order valence-corrected chi connectivity index (χ0v) is 11.1. The zero-order chi connectivity index (χ0) is 13.2. The van der Waals surface area contributed by atoms with Crippen molar-refractivity contribution in [3.8, 4) is 0 Å². The molecule has 0 saturated heterocycles. The number of pyridine rings is 1. The average Bonchev–Trinajstić information content (AvgIpc) is 3.06. The van der Waals surface area contributed by atoms with Crippen molar-refractivity contribution < 1.29 is 9.53 Å². The number of carbonyl (C=O) groups excluding carboxylic acids is 1. The molecule has 0 atom stereocenters. The van der Waals surface area contributed by atoms with Gasteiger partial charge in [0.15, 0.2) is 11.5 Å². The van der Waals surface area contributed by atoms with Gasteiger partial charge in [0.25, 0.3) is 0 Å². The van der Waals surface area contributed by atoms with Crippen molar-refractivity contribution in [2.24, 2.45) is 0 Å². The summed E-state index contributed by atoms with van der Waals surface area (Å²) in [5, 5.41) is 6.39. The molecule has 0 fully saturated rings. The van der Waals surface area contributed by atoms with Crippen LogP contribution in [0.2, 0.25) is 0 Å². The van der Waals surface area contributed by atoms with E-state index < -0.39 is 5.97 Å². The predicted octanol–water partition coefficient (Wildman–Crippen LogP) is 2.17. The summed E-state index contributed by atoms with van der Waals surface area (Å²) in [5.74, 6) is 0.291. The van der Waals surface area contributed by atoms with Gasteiger partial charge in [0.05, 0.1) is 7.11 Å². The molecule has 0 aliphatic rings. The number of hydrogen-bond acceptors (Lipinski definition) is 5. The number of nitrogens with zero attached hydrogens (tertiary/aromatic N) is 3. The van der Waals surface area contributed by atoms with Crippen LogP contribution in [0, 0.1) is 0 Å². The highest BCUT2D eigenvalue weighted by atomic mass is 32.1. The lowest BCUT2D eigenvalue weighted by Crippen LogP contribution is -2.04. The van der Waals surface area contributed by atoms with Crippen molar-refractivity contribution in [2.75, 3.05) is 7.11 Å². The molecule has 0 aromatic carbocycles. The van der Waals surface area contributed by atoms with E-state index in [0.717, 1.165) is 0 Å². The first-order chi connectivity index (χ1) is 9.28. The van der Waals surface area contributed by atoms with Gasteiger partial charge in [-0.25, -0.2) is 14.3 Å². The predicted molar refractivity (Wildman–Crippen MR) is 71.5 cm³/mol. The first-order valence-corrected chi connectivity index (χ1v) is 6.61. The van der Waals surface area contributed by atoms with Gasteiger partial charge in [-0.1, -0.05) is 6.07 Å². The summed E-state index contributed by atoms with van der Waals surface area (Å²) in [7, 11) is 1.36. The van der Waals surface area contributed by atoms with Crippen molar-refractivity contribution in [3.05, 3.63) is 52.1 Å². The number of ether oxygens (including phenoxy) is 1. The second kappa shape index (κ2) is 4.81. The Morgan fingerprint density at radius 1 is 1.42 bits per heavy atom. The van der Waals surface area contributed by atoms with Crippen LogP contribution in [0.3, 0.4) is 0 Å². The molecule has 0 amide bonds. The minimum Gasteiger partial charge on any atom is -0.465 e. The molecule has 0 N–H and O–H groups in total. The molecule has 3 aromatic heterocycles. The van der Waals surface area contributed by atoms with Gasteiger partial charge in [0.1, 0.15) is 5.56 Å². The van der Waals surface area contributed by atoms with Crippen LogP contribution >= 0.6 is 11.3 Å². The lowest BCUT2D eigenvalue weighted by Gasteiger charge is -1.99. The topological polar surface area (TPSA) is 56.5 Å². The second-order valence-corrected chi connectivity index (χ2v) is 5.00. The summed E-state index contributed by atoms with van der Waals surface area (Å²) >= 11 is 1.66. The molecule has 0 aliphatic carbocycles. The Morgan fingerprint density at radius 3 is 3.05 bits per heavy atom. The molecule has 0 radical (unpaired) electrons. The standard InChI is InChI=1S/C13H11N3O2S/c1-18-13(17)10-5-2-6-16-12(10)14-11(15-16)8-9-4-3-7-19-9/h2-7H,8H2,1H3. The third kappa shape index (κ3) is 2.22. The number of aromatic nitrogens is 3. The second-order valence-electron chi connectivity index (χ2n) is 3.97. The van der Waals surface area contributed by atoms with Gasteiger partial charge in [0, 0.05) is 17.5 Å². The van der Waals surface area contributed by atoms with Gasteiger partial charge in [-0.15, -0.1) is 11.3 Å². The molecule has 5 nitrogen and oxygen atoms in total. The fourth-order valence-electron chi connectivity index (χ4n) is 1.86. The number of hydrogen-bond donors (Lipinski definition) is 0. The van der Waals surface area contributed by atoms with E-state index in [0.29, 0.717) is 23.5 Å². The normalized spacial score (nSPS) is 10.8. The lowest BCUT2D eigenvalue weighted by atomic mass is 10.3. The zero-order valence-electron chi connectivity index (χ0n) is 10.2. The summed E-state index contributed by atoms with van der Waals surface area (Å²) < 4.78 is 6.35. The minimum absolute atomic E-state index is 0.402. The Bertz CT molecular complexity index is 719. The highest BCUT2D eigenvalue weighted by Gasteiger charge is 2.14. The van der Waals surface area contributed by atoms with Gasteiger partial charge in [-0.3, -0.25) is 0 Å². The van der Waals surface area contributed by atoms with Crippen LogP contribution in [0.25, 0.3) is 5.65 Å². The molecule has 3 rings (SSSR count). The highest BCUT2D eigenvalue weighted by molar-refractivity contribution is 7.09. The van der Waals surface area contributed by atoms with E-state index in [1.165, 1.54) is 12.0 Å². The number of methoxy groups -OCH3 is 1. The maximum atomic E-state index is 11.7. The largest absolute Gasteiger partial charge is 0.465 e. The summed E-state index contributed by atoms with van der Waals surface area (Å²) in [6, 6.07) is 7.47. The van der Waals surface area contributed by atoms with E-state index in [-0.39, 0.29) is 0 Å². The van der Waals surface area contributed by atoms with Gasteiger partial charge >= 0.3 is 5.97 Å². The number of carbonyl (C=O) groups is 1. The Balaban J connectivity index is 2.03. The molecule has 6 heteroatoms. The van der Waals surface area contributed by atoms with Gasteiger partial charge in [-0.05, 0) is 23.6 Å². The third-order valence-electron chi connectivity index (χ3n) is 2.72. The SMILES string of the molecule is COC(=O)c1cccn2nc(Cc3cccs3)nc12. The maximum Gasteiger partial charge on any atom is 0.341 e. The molecule has 3 heterocycles. The molecule has 0 unspecified atom stereocenters. The van der Waals surface area contributed by atoms with Crippen molar-refractivity contribution >= 4 is 23.0 Å².